The number of ether oxygens (including phenoxy) is 1. The predicted molar refractivity (Wildman–Crippen MR) is 129 cm³/mol. The van der Waals surface area contributed by atoms with Gasteiger partial charge in [0.15, 0.2) is 5.60 Å². The van der Waals surface area contributed by atoms with Crippen molar-refractivity contribution >= 4 is 22.6 Å². The zero-order valence-electron chi connectivity index (χ0n) is 19.1. The molecular formula is C28H28N2O2. The van der Waals surface area contributed by atoms with Crippen LogP contribution in [0.25, 0.3) is 10.9 Å². The molecule has 5 rings (SSSR count). The van der Waals surface area contributed by atoms with Crippen LogP contribution in [-0.4, -0.2) is 23.6 Å². The zero-order valence-corrected chi connectivity index (χ0v) is 19.1. The van der Waals surface area contributed by atoms with Gasteiger partial charge in [0.25, 0.3) is 0 Å². The molecule has 0 saturated heterocycles. The summed E-state index contributed by atoms with van der Waals surface area (Å²) >= 11 is 0. The van der Waals surface area contributed by atoms with Crippen LogP contribution in [0.15, 0.2) is 72.8 Å². The number of nitrogens with zero attached hydrogens (tertiary/aromatic N) is 2. The van der Waals surface area contributed by atoms with Crippen LogP contribution in [-0.2, 0) is 17.4 Å². The molecular weight excluding hydrogens is 396 g/mol. The number of aryl methyl sites for hydroxylation is 1. The van der Waals surface area contributed by atoms with Crippen LogP contribution in [0.3, 0.4) is 0 Å². The van der Waals surface area contributed by atoms with Crippen LogP contribution in [0.4, 0.5) is 5.69 Å². The standard InChI is InChI=1S/C28H28N2O2/c1-5-30(6-2)21-17-15-20(16-18-21)28(24-13-9-7-11-22(24)27(31)32-28)26-19(3)29(4)25-14-10-8-12-23(25)26/h7-18H,5-6H2,1-4H3. The van der Waals surface area contributed by atoms with E-state index < -0.39 is 5.60 Å². The first-order valence-corrected chi connectivity index (χ1v) is 11.3. The number of hydrogen-bond donors (Lipinski definition) is 0. The van der Waals surface area contributed by atoms with Crippen LogP contribution in [0, 0.1) is 6.92 Å². The van der Waals surface area contributed by atoms with E-state index in [2.05, 4.69) is 73.7 Å². The summed E-state index contributed by atoms with van der Waals surface area (Å²) in [6.45, 7) is 8.32. The molecule has 2 heterocycles. The van der Waals surface area contributed by atoms with Crippen molar-refractivity contribution in [2.75, 3.05) is 18.0 Å². The van der Waals surface area contributed by atoms with Gasteiger partial charge in [0.2, 0.25) is 0 Å². The van der Waals surface area contributed by atoms with E-state index in [1.165, 1.54) is 5.69 Å². The van der Waals surface area contributed by atoms with Gasteiger partial charge in [-0.2, -0.15) is 0 Å². The summed E-state index contributed by atoms with van der Waals surface area (Å²) in [4.78, 5) is 15.4. The van der Waals surface area contributed by atoms with E-state index in [9.17, 15) is 4.79 Å². The molecule has 0 aliphatic carbocycles. The normalized spacial score (nSPS) is 17.4. The first kappa shape index (κ1) is 20.4. The average Bonchev–Trinajstić information content (AvgIpc) is 3.27. The Morgan fingerprint density at radius 1 is 0.906 bits per heavy atom. The van der Waals surface area contributed by atoms with Gasteiger partial charge in [-0.3, -0.25) is 0 Å². The van der Waals surface area contributed by atoms with Gasteiger partial charge in [-0.1, -0.05) is 48.5 Å². The Kier molecular flexibility index (Phi) is 4.81. The lowest BCUT2D eigenvalue weighted by molar-refractivity contribution is 0.0253. The van der Waals surface area contributed by atoms with Crippen molar-refractivity contribution in [1.29, 1.82) is 0 Å². The maximum absolute atomic E-state index is 13.1. The quantitative estimate of drug-likeness (QED) is 0.380. The number of benzene rings is 3. The van der Waals surface area contributed by atoms with Crippen molar-refractivity contribution < 1.29 is 9.53 Å². The monoisotopic (exact) mass is 424 g/mol. The number of carbonyl (C=O) groups excluding carboxylic acids is 1. The lowest BCUT2D eigenvalue weighted by atomic mass is 9.78. The highest BCUT2D eigenvalue weighted by molar-refractivity contribution is 5.98. The van der Waals surface area contributed by atoms with Crippen molar-refractivity contribution in [3.63, 3.8) is 0 Å². The third-order valence-electron chi connectivity index (χ3n) is 6.93. The largest absolute Gasteiger partial charge is 0.440 e. The van der Waals surface area contributed by atoms with Crippen LogP contribution in [0.2, 0.25) is 0 Å². The number of hydrogen-bond acceptors (Lipinski definition) is 3. The van der Waals surface area contributed by atoms with E-state index in [1.807, 2.05) is 36.4 Å². The van der Waals surface area contributed by atoms with Crippen molar-refractivity contribution in [3.8, 4) is 0 Å². The highest BCUT2D eigenvalue weighted by Gasteiger charge is 2.50. The fraction of sp³-hybridized carbons (Fsp3) is 0.250. The summed E-state index contributed by atoms with van der Waals surface area (Å²) in [5.74, 6) is -0.277. The number of esters is 1. The summed E-state index contributed by atoms with van der Waals surface area (Å²) in [5, 5.41) is 1.10. The fourth-order valence-corrected chi connectivity index (χ4v) is 5.22. The molecule has 0 fully saturated rings. The van der Waals surface area contributed by atoms with Gasteiger partial charge in [0.05, 0.1) is 5.56 Å². The molecule has 1 atom stereocenters. The van der Waals surface area contributed by atoms with Gasteiger partial charge < -0.3 is 14.2 Å². The predicted octanol–water partition coefficient (Wildman–Crippen LogP) is 5.80. The maximum Gasteiger partial charge on any atom is 0.340 e. The van der Waals surface area contributed by atoms with E-state index >= 15 is 0 Å². The minimum absolute atomic E-state index is 0.277. The molecule has 0 amide bonds. The Balaban J connectivity index is 1.83. The molecule has 4 heteroatoms. The minimum atomic E-state index is -0.986. The third kappa shape index (κ3) is 2.72. The first-order chi connectivity index (χ1) is 15.5. The molecule has 4 aromatic rings. The maximum atomic E-state index is 13.1. The second kappa shape index (κ2) is 7.56. The van der Waals surface area contributed by atoms with E-state index in [4.69, 9.17) is 4.74 Å². The summed E-state index contributed by atoms with van der Waals surface area (Å²) in [5.41, 5.74) is 5.92. The van der Waals surface area contributed by atoms with E-state index in [-0.39, 0.29) is 5.97 Å². The van der Waals surface area contributed by atoms with Crippen LogP contribution in [0.1, 0.15) is 46.6 Å². The summed E-state index contributed by atoms with van der Waals surface area (Å²) in [7, 11) is 2.07. The highest BCUT2D eigenvalue weighted by atomic mass is 16.6. The van der Waals surface area contributed by atoms with Gasteiger partial charge in [-0.05, 0) is 45.0 Å². The van der Waals surface area contributed by atoms with Crippen molar-refractivity contribution in [2.24, 2.45) is 7.05 Å². The van der Waals surface area contributed by atoms with Crippen molar-refractivity contribution in [2.45, 2.75) is 26.4 Å². The summed E-state index contributed by atoms with van der Waals surface area (Å²) < 4.78 is 8.57. The molecule has 1 aliphatic heterocycles. The topological polar surface area (TPSA) is 34.5 Å². The number of aromatic nitrogens is 1. The van der Waals surface area contributed by atoms with Crippen molar-refractivity contribution in [1.82, 2.24) is 4.57 Å². The smallest absolute Gasteiger partial charge is 0.340 e. The molecule has 0 saturated carbocycles. The number of rotatable bonds is 5. The molecule has 0 radical (unpaired) electrons. The molecule has 1 aliphatic rings. The fourth-order valence-electron chi connectivity index (χ4n) is 5.22. The number of fused-ring (bicyclic) bond motifs is 2. The van der Waals surface area contributed by atoms with Crippen LogP contribution in [0.5, 0.6) is 0 Å². The summed E-state index contributed by atoms with van der Waals surface area (Å²) in [6, 6.07) is 24.6. The zero-order chi connectivity index (χ0) is 22.5. The average molecular weight is 425 g/mol. The molecule has 162 valence electrons. The SMILES string of the molecule is CCN(CC)c1ccc(C2(c3c(C)n(C)c4ccccc34)OC(=O)c3ccccc32)cc1. The Hall–Kier alpha value is -3.53. The van der Waals surface area contributed by atoms with E-state index in [1.54, 1.807) is 0 Å². The Labute approximate surface area is 189 Å². The van der Waals surface area contributed by atoms with Gasteiger partial charge in [0, 0.05) is 59.1 Å². The van der Waals surface area contributed by atoms with Gasteiger partial charge >= 0.3 is 5.97 Å². The van der Waals surface area contributed by atoms with Crippen molar-refractivity contribution in [3.05, 3.63) is 101 Å². The number of carbonyl (C=O) groups is 1. The summed E-state index contributed by atoms with van der Waals surface area (Å²) in [6.07, 6.45) is 0. The highest BCUT2D eigenvalue weighted by Crippen LogP contribution is 2.50. The molecule has 4 nitrogen and oxygen atoms in total. The number of cyclic esters (lactones) is 1. The lowest BCUT2D eigenvalue weighted by Gasteiger charge is -2.31. The second-order valence-electron chi connectivity index (χ2n) is 8.37. The Morgan fingerprint density at radius 3 is 2.28 bits per heavy atom. The molecule has 0 spiro atoms. The molecule has 0 N–H and O–H groups in total. The van der Waals surface area contributed by atoms with Crippen LogP contribution >= 0.6 is 0 Å². The lowest BCUT2D eigenvalue weighted by Crippen LogP contribution is -2.30. The van der Waals surface area contributed by atoms with Gasteiger partial charge in [-0.15, -0.1) is 0 Å². The molecule has 0 bridgehead atoms. The van der Waals surface area contributed by atoms with Gasteiger partial charge in [0.1, 0.15) is 0 Å². The Bertz CT molecular complexity index is 1320. The number of para-hydroxylation sites is 1. The van der Waals surface area contributed by atoms with Crippen LogP contribution < -0.4 is 4.90 Å². The molecule has 32 heavy (non-hydrogen) atoms. The second-order valence-corrected chi connectivity index (χ2v) is 8.37. The minimum Gasteiger partial charge on any atom is -0.440 e. The first-order valence-electron chi connectivity index (χ1n) is 11.3. The van der Waals surface area contributed by atoms with Gasteiger partial charge in [-0.25, -0.2) is 4.79 Å². The molecule has 3 aromatic carbocycles. The van der Waals surface area contributed by atoms with E-state index in [0.717, 1.165) is 46.4 Å². The Morgan fingerprint density at radius 2 is 1.56 bits per heavy atom. The third-order valence-corrected chi connectivity index (χ3v) is 6.93. The molecule has 1 unspecified atom stereocenters. The molecule has 1 aromatic heterocycles. The number of anilines is 1. The van der Waals surface area contributed by atoms with E-state index in [0.29, 0.717) is 5.56 Å².